The van der Waals surface area contributed by atoms with Crippen molar-refractivity contribution >= 4 is 27.7 Å². The molecule has 0 atom stereocenters. The van der Waals surface area contributed by atoms with Gasteiger partial charge >= 0.3 is 0 Å². The molecule has 0 amide bonds. The molecule has 0 radical (unpaired) electrons. The quantitative estimate of drug-likeness (QED) is 0.812. The first-order valence-electron chi connectivity index (χ1n) is 4.77. The van der Waals surface area contributed by atoms with Gasteiger partial charge in [0, 0.05) is 12.0 Å². The largest absolute Gasteiger partial charge is 0.440 e. The smallest absolute Gasteiger partial charge is 0.261 e. The van der Waals surface area contributed by atoms with Crippen LogP contribution in [-0.4, -0.2) is 15.0 Å². The van der Waals surface area contributed by atoms with Gasteiger partial charge in [0.25, 0.3) is 5.22 Å². The SMILES string of the molecule is CC(C)c1nc(Br)cc(Sc2ncco2)n1. The van der Waals surface area contributed by atoms with Crippen LogP contribution in [0.25, 0.3) is 0 Å². The zero-order valence-electron chi connectivity index (χ0n) is 8.85. The Labute approximate surface area is 106 Å². The molecule has 0 fully saturated rings. The average molecular weight is 300 g/mol. The van der Waals surface area contributed by atoms with E-state index in [9.17, 15) is 0 Å². The second kappa shape index (κ2) is 4.97. The molecular formula is C10H10BrN3OS. The molecule has 6 heteroatoms. The van der Waals surface area contributed by atoms with Gasteiger partial charge in [0.1, 0.15) is 21.7 Å². The molecule has 0 aliphatic carbocycles. The fourth-order valence-electron chi connectivity index (χ4n) is 1.07. The normalized spacial score (nSPS) is 11.0. The first-order chi connectivity index (χ1) is 7.65. The van der Waals surface area contributed by atoms with Crippen LogP contribution in [0.1, 0.15) is 25.6 Å². The minimum atomic E-state index is 0.293. The zero-order valence-corrected chi connectivity index (χ0v) is 11.2. The van der Waals surface area contributed by atoms with Gasteiger partial charge in [-0.3, -0.25) is 0 Å². The van der Waals surface area contributed by atoms with Gasteiger partial charge in [-0.2, -0.15) is 0 Å². The summed E-state index contributed by atoms with van der Waals surface area (Å²) in [6.45, 7) is 4.11. The highest BCUT2D eigenvalue weighted by Gasteiger charge is 2.09. The van der Waals surface area contributed by atoms with E-state index in [0.29, 0.717) is 11.1 Å². The van der Waals surface area contributed by atoms with Crippen molar-refractivity contribution in [2.24, 2.45) is 0 Å². The number of hydrogen-bond donors (Lipinski definition) is 0. The Hall–Kier alpha value is -0.880. The van der Waals surface area contributed by atoms with E-state index < -0.39 is 0 Å². The molecule has 0 bridgehead atoms. The maximum absolute atomic E-state index is 5.15. The summed E-state index contributed by atoms with van der Waals surface area (Å²) in [6.07, 6.45) is 3.16. The summed E-state index contributed by atoms with van der Waals surface area (Å²) in [7, 11) is 0. The van der Waals surface area contributed by atoms with Crippen molar-refractivity contribution in [3.63, 3.8) is 0 Å². The highest BCUT2D eigenvalue weighted by Crippen LogP contribution is 2.27. The molecule has 0 aliphatic rings. The number of nitrogens with zero attached hydrogens (tertiary/aromatic N) is 3. The van der Waals surface area contributed by atoms with Crippen LogP contribution in [0.4, 0.5) is 0 Å². The average Bonchev–Trinajstić information content (AvgIpc) is 2.69. The lowest BCUT2D eigenvalue weighted by Gasteiger charge is -2.05. The van der Waals surface area contributed by atoms with Crippen molar-refractivity contribution < 1.29 is 4.42 Å². The number of hydrogen-bond acceptors (Lipinski definition) is 5. The highest BCUT2D eigenvalue weighted by atomic mass is 79.9. The summed E-state index contributed by atoms with van der Waals surface area (Å²) in [6, 6.07) is 1.85. The van der Waals surface area contributed by atoms with E-state index in [1.165, 1.54) is 11.8 Å². The van der Waals surface area contributed by atoms with Crippen molar-refractivity contribution in [1.29, 1.82) is 0 Å². The van der Waals surface area contributed by atoms with Crippen LogP contribution in [0.2, 0.25) is 0 Å². The number of aromatic nitrogens is 3. The van der Waals surface area contributed by atoms with Crippen molar-refractivity contribution in [2.75, 3.05) is 0 Å². The molecule has 0 unspecified atom stereocenters. The Morgan fingerprint density at radius 1 is 1.38 bits per heavy atom. The van der Waals surface area contributed by atoms with Crippen LogP contribution in [0.5, 0.6) is 0 Å². The van der Waals surface area contributed by atoms with Gasteiger partial charge in [0.05, 0.1) is 6.20 Å². The molecule has 0 aliphatic heterocycles. The Kier molecular flexibility index (Phi) is 3.60. The first-order valence-corrected chi connectivity index (χ1v) is 6.38. The zero-order chi connectivity index (χ0) is 11.5. The third-order valence-electron chi connectivity index (χ3n) is 1.81. The van der Waals surface area contributed by atoms with E-state index >= 15 is 0 Å². The van der Waals surface area contributed by atoms with Gasteiger partial charge in [-0.15, -0.1) is 0 Å². The maximum Gasteiger partial charge on any atom is 0.261 e. The summed E-state index contributed by atoms with van der Waals surface area (Å²) in [5.74, 6) is 1.10. The summed E-state index contributed by atoms with van der Waals surface area (Å²) in [4.78, 5) is 12.8. The van der Waals surface area contributed by atoms with Gasteiger partial charge in [-0.1, -0.05) is 13.8 Å². The van der Waals surface area contributed by atoms with Gasteiger partial charge < -0.3 is 4.42 Å². The van der Waals surface area contributed by atoms with Crippen molar-refractivity contribution in [2.45, 2.75) is 30.0 Å². The van der Waals surface area contributed by atoms with E-state index in [1.54, 1.807) is 12.5 Å². The molecule has 84 valence electrons. The summed E-state index contributed by atoms with van der Waals surface area (Å²) < 4.78 is 5.93. The van der Waals surface area contributed by atoms with Gasteiger partial charge in [0.2, 0.25) is 0 Å². The third kappa shape index (κ3) is 2.82. The fourth-order valence-corrected chi connectivity index (χ4v) is 2.33. The number of halogens is 1. The Balaban J connectivity index is 2.27. The molecule has 2 aromatic rings. The van der Waals surface area contributed by atoms with Crippen LogP contribution < -0.4 is 0 Å². The van der Waals surface area contributed by atoms with Crippen molar-refractivity contribution in [3.05, 3.63) is 29.0 Å². The Morgan fingerprint density at radius 3 is 2.81 bits per heavy atom. The molecule has 0 saturated heterocycles. The van der Waals surface area contributed by atoms with Crippen LogP contribution in [0.3, 0.4) is 0 Å². The summed E-state index contributed by atoms with van der Waals surface area (Å²) in [5.41, 5.74) is 0. The molecule has 0 spiro atoms. The van der Waals surface area contributed by atoms with Crippen LogP contribution in [0.15, 0.2) is 37.8 Å². The van der Waals surface area contributed by atoms with Crippen LogP contribution >= 0.6 is 27.7 Å². The monoisotopic (exact) mass is 299 g/mol. The van der Waals surface area contributed by atoms with E-state index in [-0.39, 0.29) is 0 Å². The van der Waals surface area contributed by atoms with E-state index in [4.69, 9.17) is 4.42 Å². The molecular weight excluding hydrogens is 290 g/mol. The standard InChI is InChI=1S/C10H10BrN3OS/c1-6(2)9-13-7(11)5-8(14-9)16-10-12-3-4-15-10/h3-6H,1-2H3. The van der Waals surface area contributed by atoms with E-state index in [2.05, 4.69) is 44.7 Å². The van der Waals surface area contributed by atoms with Crippen LogP contribution in [-0.2, 0) is 0 Å². The second-order valence-corrected chi connectivity index (χ2v) is 5.23. The molecule has 0 aromatic carbocycles. The lowest BCUT2D eigenvalue weighted by Crippen LogP contribution is -1.98. The molecule has 0 N–H and O–H groups in total. The summed E-state index contributed by atoms with van der Waals surface area (Å²) in [5, 5.41) is 1.41. The minimum absolute atomic E-state index is 0.293. The highest BCUT2D eigenvalue weighted by molar-refractivity contribution is 9.10. The van der Waals surface area contributed by atoms with Crippen molar-refractivity contribution in [3.8, 4) is 0 Å². The van der Waals surface area contributed by atoms with E-state index in [0.717, 1.165) is 15.5 Å². The fraction of sp³-hybridized carbons (Fsp3) is 0.300. The first kappa shape index (κ1) is 11.6. The predicted molar refractivity (Wildman–Crippen MR) is 64.4 cm³/mol. The molecule has 0 saturated carbocycles. The lowest BCUT2D eigenvalue weighted by atomic mass is 10.2. The Bertz CT molecular complexity index is 473. The summed E-state index contributed by atoms with van der Waals surface area (Å²) >= 11 is 4.75. The lowest BCUT2D eigenvalue weighted by molar-refractivity contribution is 0.454. The van der Waals surface area contributed by atoms with Gasteiger partial charge in [-0.25, -0.2) is 15.0 Å². The topological polar surface area (TPSA) is 51.8 Å². The molecule has 2 heterocycles. The molecule has 16 heavy (non-hydrogen) atoms. The molecule has 2 aromatic heterocycles. The third-order valence-corrected chi connectivity index (χ3v) is 3.01. The predicted octanol–water partition coefficient (Wildman–Crippen LogP) is 3.50. The van der Waals surface area contributed by atoms with Crippen molar-refractivity contribution in [1.82, 2.24) is 15.0 Å². The Morgan fingerprint density at radius 2 is 2.19 bits per heavy atom. The number of oxazole rings is 1. The number of rotatable bonds is 3. The molecule has 4 nitrogen and oxygen atoms in total. The molecule has 2 rings (SSSR count). The van der Waals surface area contributed by atoms with Crippen LogP contribution in [0, 0.1) is 0 Å². The second-order valence-electron chi connectivity index (χ2n) is 3.44. The van der Waals surface area contributed by atoms with Gasteiger partial charge in [0.15, 0.2) is 0 Å². The maximum atomic E-state index is 5.15. The van der Waals surface area contributed by atoms with Gasteiger partial charge in [-0.05, 0) is 27.7 Å². The minimum Gasteiger partial charge on any atom is -0.440 e. The van der Waals surface area contributed by atoms with E-state index in [1.807, 2.05) is 6.07 Å².